The number of azo groups is 1. The predicted octanol–water partition coefficient (Wildman–Crippen LogP) is 4.10. The van der Waals surface area contributed by atoms with Crippen LogP contribution in [0.15, 0.2) is 59.0 Å². The van der Waals surface area contributed by atoms with E-state index in [1.165, 1.54) is 4.68 Å². The van der Waals surface area contributed by atoms with Gasteiger partial charge in [-0.1, -0.05) is 6.07 Å². The summed E-state index contributed by atoms with van der Waals surface area (Å²) in [6, 6.07) is 10.9. The Hall–Kier alpha value is -3.35. The predicted molar refractivity (Wildman–Crippen MR) is 95.5 cm³/mol. The number of anilines is 1. The molecule has 0 saturated heterocycles. The van der Waals surface area contributed by atoms with Crippen molar-refractivity contribution in [2.24, 2.45) is 17.3 Å². The summed E-state index contributed by atoms with van der Waals surface area (Å²) < 4.78 is 1.53. The van der Waals surface area contributed by atoms with Gasteiger partial charge in [0.1, 0.15) is 5.69 Å². The average molecular weight is 334 g/mol. The molecule has 0 spiro atoms. The number of carbonyl (C=O) groups is 1. The van der Waals surface area contributed by atoms with Crippen LogP contribution in [0.25, 0.3) is 0 Å². The Bertz CT molecular complexity index is 944. The summed E-state index contributed by atoms with van der Waals surface area (Å²) in [6.07, 6.45) is 3.27. The summed E-state index contributed by atoms with van der Waals surface area (Å²) in [5, 5.41) is 15.3. The van der Waals surface area contributed by atoms with E-state index >= 15 is 0 Å². The number of hydrogen-bond donors (Lipinski definition) is 1. The second-order valence-corrected chi connectivity index (χ2v) is 5.64. The van der Waals surface area contributed by atoms with Crippen molar-refractivity contribution >= 4 is 23.1 Å². The first-order chi connectivity index (χ1) is 12.0. The van der Waals surface area contributed by atoms with E-state index in [0.717, 1.165) is 16.8 Å². The van der Waals surface area contributed by atoms with E-state index < -0.39 is 0 Å². The second kappa shape index (κ2) is 7.04. The van der Waals surface area contributed by atoms with E-state index in [-0.39, 0.29) is 5.91 Å². The van der Waals surface area contributed by atoms with Crippen LogP contribution in [0.5, 0.6) is 0 Å². The highest BCUT2D eigenvalue weighted by Crippen LogP contribution is 2.24. The fraction of sp³-hybridized carbons (Fsp3) is 0.167. The Kier molecular flexibility index (Phi) is 4.65. The van der Waals surface area contributed by atoms with E-state index in [1.54, 1.807) is 31.6 Å². The van der Waals surface area contributed by atoms with Gasteiger partial charge in [0.15, 0.2) is 5.82 Å². The maximum atomic E-state index is 12.3. The van der Waals surface area contributed by atoms with Gasteiger partial charge in [-0.2, -0.15) is 5.10 Å². The zero-order valence-electron chi connectivity index (χ0n) is 14.3. The van der Waals surface area contributed by atoms with Crippen LogP contribution in [0.2, 0.25) is 0 Å². The first-order valence-electron chi connectivity index (χ1n) is 7.78. The van der Waals surface area contributed by atoms with Crippen molar-refractivity contribution in [1.29, 1.82) is 0 Å². The van der Waals surface area contributed by atoms with E-state index in [2.05, 4.69) is 25.6 Å². The molecule has 2 aromatic heterocycles. The summed E-state index contributed by atoms with van der Waals surface area (Å²) in [5.41, 5.74) is 3.77. The number of rotatable bonds is 4. The number of nitrogens with zero attached hydrogens (tertiary/aromatic N) is 5. The number of benzene rings is 1. The third kappa shape index (κ3) is 3.77. The molecule has 0 unspecified atom stereocenters. The molecule has 0 aliphatic carbocycles. The zero-order chi connectivity index (χ0) is 17.8. The first kappa shape index (κ1) is 16.5. The topological polar surface area (TPSA) is 84.5 Å². The van der Waals surface area contributed by atoms with Gasteiger partial charge >= 0.3 is 0 Å². The fourth-order valence-electron chi connectivity index (χ4n) is 2.32. The number of pyridine rings is 1. The standard InChI is InChI=1S/C18H18N6O/c1-12-5-4-9-19-17(12)23-22-14-6-7-15(13(2)11-14)21-18(25)16-8-10-20-24(16)3/h4-11H,1-3H3,(H,21,25)/b23-22+. The Morgan fingerprint density at radius 3 is 2.60 bits per heavy atom. The van der Waals surface area contributed by atoms with Crippen LogP contribution < -0.4 is 5.32 Å². The smallest absolute Gasteiger partial charge is 0.273 e. The van der Waals surface area contributed by atoms with Gasteiger partial charge in [0, 0.05) is 25.1 Å². The molecule has 2 heterocycles. The van der Waals surface area contributed by atoms with Crippen LogP contribution in [0.1, 0.15) is 21.6 Å². The highest BCUT2D eigenvalue weighted by molar-refractivity contribution is 6.03. The van der Waals surface area contributed by atoms with E-state index in [4.69, 9.17) is 0 Å². The van der Waals surface area contributed by atoms with Gasteiger partial charge in [-0.15, -0.1) is 10.2 Å². The Labute approximate surface area is 145 Å². The SMILES string of the molecule is Cc1cc(/N=N/c2ncccc2C)ccc1NC(=O)c1ccnn1C. The normalized spacial score (nSPS) is 11.0. The number of aryl methyl sites for hydroxylation is 3. The summed E-state index contributed by atoms with van der Waals surface area (Å²) >= 11 is 0. The van der Waals surface area contributed by atoms with Crippen LogP contribution in [-0.4, -0.2) is 20.7 Å². The maximum Gasteiger partial charge on any atom is 0.273 e. The summed E-state index contributed by atoms with van der Waals surface area (Å²) in [7, 11) is 1.73. The first-order valence-corrected chi connectivity index (χ1v) is 7.78. The monoisotopic (exact) mass is 334 g/mol. The molecule has 0 aliphatic heterocycles. The Balaban J connectivity index is 1.76. The zero-order valence-corrected chi connectivity index (χ0v) is 14.3. The number of aromatic nitrogens is 3. The number of amides is 1. The van der Waals surface area contributed by atoms with Gasteiger partial charge in [0.2, 0.25) is 0 Å². The molecule has 0 fully saturated rings. The van der Waals surface area contributed by atoms with Crippen LogP contribution >= 0.6 is 0 Å². The minimum Gasteiger partial charge on any atom is -0.320 e. The van der Waals surface area contributed by atoms with Crippen LogP contribution in [0.3, 0.4) is 0 Å². The molecule has 0 aliphatic rings. The molecule has 1 N–H and O–H groups in total. The van der Waals surface area contributed by atoms with Crippen molar-refractivity contribution in [3.05, 3.63) is 65.6 Å². The van der Waals surface area contributed by atoms with Crippen molar-refractivity contribution in [2.75, 3.05) is 5.32 Å². The van der Waals surface area contributed by atoms with Gasteiger partial charge in [0.25, 0.3) is 5.91 Å². The molecular formula is C18H18N6O. The van der Waals surface area contributed by atoms with Gasteiger partial charge in [-0.05, 0) is 55.3 Å². The van der Waals surface area contributed by atoms with Crippen molar-refractivity contribution in [3.63, 3.8) is 0 Å². The van der Waals surface area contributed by atoms with Crippen molar-refractivity contribution in [2.45, 2.75) is 13.8 Å². The lowest BCUT2D eigenvalue weighted by Crippen LogP contribution is -2.16. The van der Waals surface area contributed by atoms with Crippen molar-refractivity contribution in [3.8, 4) is 0 Å². The third-order valence-electron chi connectivity index (χ3n) is 3.75. The molecule has 0 atom stereocenters. The molecule has 3 aromatic rings. The maximum absolute atomic E-state index is 12.3. The molecule has 7 heteroatoms. The van der Waals surface area contributed by atoms with Gasteiger partial charge in [0.05, 0.1) is 5.69 Å². The molecule has 7 nitrogen and oxygen atoms in total. The lowest BCUT2D eigenvalue weighted by atomic mass is 10.1. The minimum atomic E-state index is -0.207. The van der Waals surface area contributed by atoms with Gasteiger partial charge in [-0.25, -0.2) is 4.98 Å². The van der Waals surface area contributed by atoms with E-state index in [0.29, 0.717) is 17.2 Å². The molecular weight excluding hydrogens is 316 g/mol. The lowest BCUT2D eigenvalue weighted by molar-refractivity contribution is 0.101. The highest BCUT2D eigenvalue weighted by atomic mass is 16.2. The summed E-state index contributed by atoms with van der Waals surface area (Å²) in [4.78, 5) is 16.4. The minimum absolute atomic E-state index is 0.207. The van der Waals surface area contributed by atoms with Gasteiger partial charge in [-0.3, -0.25) is 9.48 Å². The summed E-state index contributed by atoms with van der Waals surface area (Å²) in [6.45, 7) is 3.84. The molecule has 25 heavy (non-hydrogen) atoms. The molecule has 3 rings (SSSR count). The number of carbonyl (C=O) groups excluding carboxylic acids is 1. The Morgan fingerprint density at radius 2 is 1.92 bits per heavy atom. The molecule has 0 saturated carbocycles. The molecule has 0 bridgehead atoms. The number of hydrogen-bond acceptors (Lipinski definition) is 5. The van der Waals surface area contributed by atoms with Crippen LogP contribution in [0, 0.1) is 13.8 Å². The molecule has 0 radical (unpaired) electrons. The Morgan fingerprint density at radius 1 is 1.08 bits per heavy atom. The second-order valence-electron chi connectivity index (χ2n) is 5.64. The fourth-order valence-corrected chi connectivity index (χ4v) is 2.32. The quantitative estimate of drug-likeness (QED) is 0.729. The molecule has 126 valence electrons. The lowest BCUT2D eigenvalue weighted by Gasteiger charge is -2.09. The molecule has 1 aromatic carbocycles. The largest absolute Gasteiger partial charge is 0.320 e. The van der Waals surface area contributed by atoms with E-state index in [1.807, 2.05) is 38.1 Å². The van der Waals surface area contributed by atoms with E-state index in [9.17, 15) is 4.79 Å². The number of nitrogens with one attached hydrogen (secondary N) is 1. The van der Waals surface area contributed by atoms with Gasteiger partial charge < -0.3 is 5.32 Å². The molecule has 1 amide bonds. The third-order valence-corrected chi connectivity index (χ3v) is 3.75. The van der Waals surface area contributed by atoms with Crippen LogP contribution in [-0.2, 0) is 7.05 Å². The van der Waals surface area contributed by atoms with Crippen LogP contribution in [0.4, 0.5) is 17.2 Å². The summed E-state index contributed by atoms with van der Waals surface area (Å²) in [5.74, 6) is 0.385. The average Bonchev–Trinajstić information content (AvgIpc) is 3.02. The van der Waals surface area contributed by atoms with Crippen molar-refractivity contribution in [1.82, 2.24) is 14.8 Å². The van der Waals surface area contributed by atoms with Crippen molar-refractivity contribution < 1.29 is 4.79 Å². The highest BCUT2D eigenvalue weighted by Gasteiger charge is 2.11.